The van der Waals surface area contributed by atoms with Crippen LogP contribution in [0.25, 0.3) is 0 Å². The minimum Gasteiger partial charge on any atom is -0.289 e. The van der Waals surface area contributed by atoms with Crippen molar-refractivity contribution in [1.82, 2.24) is 0 Å². The van der Waals surface area contributed by atoms with E-state index in [2.05, 4.69) is 0 Å². The topological polar surface area (TPSA) is 34.1 Å². The molecule has 0 radical (unpaired) electrons. The maximum Gasteiger partial charge on any atom is 0.203 e. The number of benzene rings is 1. The standard InChI is InChI=1S/C11H7FO2S/c1-6-9(13)7-4-2-3-5-8(7)10(14)11(6)15-12/h2-5H,1H3. The Morgan fingerprint density at radius 2 is 1.60 bits per heavy atom. The van der Waals surface area contributed by atoms with Crippen LogP contribution in [0.2, 0.25) is 0 Å². The Balaban J connectivity index is 2.68. The van der Waals surface area contributed by atoms with Crippen LogP contribution in [-0.4, -0.2) is 11.6 Å². The van der Waals surface area contributed by atoms with E-state index < -0.39 is 5.78 Å². The lowest BCUT2D eigenvalue weighted by molar-refractivity contribution is 0.0981. The van der Waals surface area contributed by atoms with Crippen LogP contribution in [0.5, 0.6) is 0 Å². The van der Waals surface area contributed by atoms with Crippen LogP contribution < -0.4 is 0 Å². The maximum atomic E-state index is 12.5. The van der Waals surface area contributed by atoms with Gasteiger partial charge >= 0.3 is 0 Å². The minimum atomic E-state index is -0.407. The third-order valence-electron chi connectivity index (χ3n) is 2.38. The molecule has 76 valence electrons. The molecule has 0 N–H and O–H groups in total. The predicted molar refractivity (Wildman–Crippen MR) is 56.5 cm³/mol. The van der Waals surface area contributed by atoms with Crippen molar-refractivity contribution in [1.29, 1.82) is 0 Å². The molecule has 0 bridgehead atoms. The molecular weight excluding hydrogens is 215 g/mol. The molecule has 0 saturated carbocycles. The van der Waals surface area contributed by atoms with Crippen LogP contribution in [-0.2, 0) is 0 Å². The van der Waals surface area contributed by atoms with Gasteiger partial charge in [0.05, 0.1) is 17.1 Å². The van der Waals surface area contributed by atoms with E-state index in [-0.39, 0.29) is 34.0 Å². The Morgan fingerprint density at radius 1 is 1.07 bits per heavy atom. The van der Waals surface area contributed by atoms with Gasteiger partial charge in [-0.05, 0) is 6.92 Å². The summed E-state index contributed by atoms with van der Waals surface area (Å²) in [6, 6.07) is 6.47. The van der Waals surface area contributed by atoms with Gasteiger partial charge in [-0.1, -0.05) is 24.3 Å². The summed E-state index contributed by atoms with van der Waals surface area (Å²) >= 11 is -0.161. The summed E-state index contributed by atoms with van der Waals surface area (Å²) in [5.41, 5.74) is 0.831. The second-order valence-corrected chi connectivity index (χ2v) is 3.80. The molecule has 15 heavy (non-hydrogen) atoms. The zero-order valence-corrected chi connectivity index (χ0v) is 8.73. The molecule has 4 heteroatoms. The molecule has 2 rings (SSSR count). The van der Waals surface area contributed by atoms with E-state index >= 15 is 0 Å². The Bertz CT molecular complexity index is 491. The Morgan fingerprint density at radius 3 is 2.13 bits per heavy atom. The first-order valence-electron chi connectivity index (χ1n) is 4.34. The Labute approximate surface area is 90.5 Å². The zero-order chi connectivity index (χ0) is 11.0. The minimum absolute atomic E-state index is 0.0984. The van der Waals surface area contributed by atoms with Crippen molar-refractivity contribution in [2.45, 2.75) is 6.92 Å². The Hall–Kier alpha value is -1.42. The fourth-order valence-electron chi connectivity index (χ4n) is 1.57. The van der Waals surface area contributed by atoms with Crippen molar-refractivity contribution in [2.24, 2.45) is 0 Å². The molecule has 0 heterocycles. The van der Waals surface area contributed by atoms with Crippen molar-refractivity contribution >= 4 is 23.7 Å². The van der Waals surface area contributed by atoms with Crippen molar-refractivity contribution in [3.8, 4) is 0 Å². The second kappa shape index (κ2) is 3.62. The summed E-state index contributed by atoms with van der Waals surface area (Å²) in [7, 11) is 0. The Kier molecular flexibility index (Phi) is 2.44. The molecule has 0 amide bonds. The van der Waals surface area contributed by atoms with Gasteiger partial charge in [-0.15, -0.1) is 0 Å². The SMILES string of the molecule is CC1=C(SF)C(=O)c2ccccc2C1=O. The molecule has 1 aliphatic carbocycles. The van der Waals surface area contributed by atoms with E-state index in [4.69, 9.17) is 0 Å². The quantitative estimate of drug-likeness (QED) is 0.732. The monoisotopic (exact) mass is 222 g/mol. The van der Waals surface area contributed by atoms with Crippen LogP contribution in [0.3, 0.4) is 0 Å². The predicted octanol–water partition coefficient (Wildman–Crippen LogP) is 2.96. The summed E-state index contributed by atoms with van der Waals surface area (Å²) in [6.45, 7) is 1.47. The second-order valence-electron chi connectivity index (χ2n) is 3.24. The highest BCUT2D eigenvalue weighted by atomic mass is 32.2. The largest absolute Gasteiger partial charge is 0.289 e. The molecular formula is C11H7FO2S. The van der Waals surface area contributed by atoms with Crippen molar-refractivity contribution in [3.63, 3.8) is 0 Å². The van der Waals surface area contributed by atoms with E-state index in [1.54, 1.807) is 18.2 Å². The van der Waals surface area contributed by atoms with E-state index in [0.29, 0.717) is 5.56 Å². The number of ketones is 2. The third kappa shape index (κ3) is 1.41. The number of rotatable bonds is 1. The van der Waals surface area contributed by atoms with Crippen LogP contribution >= 0.6 is 12.1 Å². The summed E-state index contributed by atoms with van der Waals surface area (Å²) in [6.07, 6.45) is 0. The summed E-state index contributed by atoms with van der Waals surface area (Å²) in [4.78, 5) is 23.4. The third-order valence-corrected chi connectivity index (χ3v) is 3.03. The molecule has 2 nitrogen and oxygen atoms in total. The average molecular weight is 222 g/mol. The van der Waals surface area contributed by atoms with Crippen molar-refractivity contribution in [3.05, 3.63) is 45.9 Å². The summed E-state index contributed by atoms with van der Waals surface area (Å²) in [5, 5.41) is 0. The van der Waals surface area contributed by atoms with Crippen LogP contribution in [0, 0.1) is 0 Å². The van der Waals surface area contributed by atoms with E-state index in [9.17, 15) is 13.5 Å². The number of carbonyl (C=O) groups is 2. The van der Waals surface area contributed by atoms with Gasteiger partial charge in [0.2, 0.25) is 5.78 Å². The summed E-state index contributed by atoms with van der Waals surface area (Å²) < 4.78 is 12.5. The van der Waals surface area contributed by atoms with Crippen LogP contribution in [0.4, 0.5) is 3.89 Å². The lowest BCUT2D eigenvalue weighted by atomic mass is 9.90. The first kappa shape index (κ1) is 10.1. The number of halogens is 1. The lowest BCUT2D eigenvalue weighted by Gasteiger charge is -2.15. The molecule has 0 unspecified atom stereocenters. The smallest absolute Gasteiger partial charge is 0.203 e. The highest BCUT2D eigenvalue weighted by molar-refractivity contribution is 7.99. The van der Waals surface area contributed by atoms with Gasteiger partial charge in [-0.25, -0.2) is 0 Å². The van der Waals surface area contributed by atoms with Gasteiger partial charge in [-0.3, -0.25) is 9.59 Å². The molecule has 0 aliphatic heterocycles. The van der Waals surface area contributed by atoms with E-state index in [0.717, 1.165) is 0 Å². The number of hydrogen-bond donors (Lipinski definition) is 0. The van der Waals surface area contributed by atoms with Crippen molar-refractivity contribution < 1.29 is 13.5 Å². The molecule has 0 fully saturated rings. The van der Waals surface area contributed by atoms with Gasteiger partial charge in [0.1, 0.15) is 0 Å². The fraction of sp³-hybridized carbons (Fsp3) is 0.0909. The number of Topliss-reactive ketones (excluding diaryl/α,β-unsaturated/α-hetero) is 2. The van der Waals surface area contributed by atoms with Gasteiger partial charge in [-0.2, -0.15) is 3.89 Å². The van der Waals surface area contributed by atoms with E-state index in [1.165, 1.54) is 13.0 Å². The van der Waals surface area contributed by atoms with Gasteiger partial charge in [0.15, 0.2) is 5.78 Å². The van der Waals surface area contributed by atoms with Gasteiger partial charge < -0.3 is 0 Å². The number of fused-ring (bicyclic) bond motifs is 1. The molecule has 0 atom stereocenters. The first-order valence-corrected chi connectivity index (χ1v) is 5.06. The molecule has 1 aliphatic rings. The van der Waals surface area contributed by atoms with Gasteiger partial charge in [0.25, 0.3) is 0 Å². The molecule has 1 aromatic rings. The molecule has 1 aromatic carbocycles. The number of hydrogen-bond acceptors (Lipinski definition) is 3. The first-order chi connectivity index (χ1) is 7.16. The molecule has 0 saturated heterocycles. The molecule has 0 spiro atoms. The molecule has 0 aromatic heterocycles. The van der Waals surface area contributed by atoms with Crippen molar-refractivity contribution in [2.75, 3.05) is 0 Å². The zero-order valence-electron chi connectivity index (χ0n) is 7.91. The summed E-state index contributed by atoms with van der Waals surface area (Å²) in [5.74, 6) is -0.680. The van der Waals surface area contributed by atoms with E-state index in [1.807, 2.05) is 0 Å². The van der Waals surface area contributed by atoms with Gasteiger partial charge in [0, 0.05) is 16.7 Å². The fourth-order valence-corrected chi connectivity index (χ4v) is 1.96. The van der Waals surface area contributed by atoms with Crippen LogP contribution in [0.1, 0.15) is 27.6 Å². The average Bonchev–Trinajstić information content (AvgIpc) is 2.27. The maximum absolute atomic E-state index is 12.5. The lowest BCUT2D eigenvalue weighted by Crippen LogP contribution is -2.18. The number of carbonyl (C=O) groups excluding carboxylic acids is 2. The number of allylic oxidation sites excluding steroid dienone is 2. The normalized spacial score (nSPS) is 15.6. The van der Waals surface area contributed by atoms with Crippen LogP contribution in [0.15, 0.2) is 34.7 Å². The highest BCUT2D eigenvalue weighted by Crippen LogP contribution is 2.32. The highest BCUT2D eigenvalue weighted by Gasteiger charge is 2.30.